The molecule has 4 aromatic rings. The molecule has 0 bridgehead atoms. The van der Waals surface area contributed by atoms with Gasteiger partial charge in [-0.25, -0.2) is 0 Å². The molecule has 1 heterocycles. The summed E-state index contributed by atoms with van der Waals surface area (Å²) in [6, 6.07) is 41.3. The SMILES string of the molecule is C(#Cc1ccccc1)SC1=C(c2ccccc2)S/C(=C(\SC#Cc2ccccc2)c2ccccc2)S1. The average molecular weight is 533 g/mol. The van der Waals surface area contributed by atoms with Crippen LogP contribution in [0.3, 0.4) is 0 Å². The van der Waals surface area contributed by atoms with Crippen LogP contribution in [0.15, 0.2) is 130 Å². The first-order valence-corrected chi connectivity index (χ1v) is 14.5. The molecule has 0 nitrogen and oxygen atoms in total. The van der Waals surface area contributed by atoms with Crippen molar-refractivity contribution in [2.24, 2.45) is 0 Å². The van der Waals surface area contributed by atoms with Gasteiger partial charge >= 0.3 is 0 Å². The van der Waals surface area contributed by atoms with E-state index < -0.39 is 0 Å². The van der Waals surface area contributed by atoms with Gasteiger partial charge in [0.25, 0.3) is 0 Å². The fourth-order valence-electron chi connectivity index (χ4n) is 3.33. The Bertz CT molecular complexity index is 1500. The first kappa shape index (κ1) is 24.6. The molecule has 0 saturated carbocycles. The maximum Gasteiger partial charge on any atom is 0.0731 e. The Morgan fingerprint density at radius 2 is 1.08 bits per heavy atom. The van der Waals surface area contributed by atoms with Crippen molar-refractivity contribution >= 4 is 56.9 Å². The topological polar surface area (TPSA) is 0 Å². The van der Waals surface area contributed by atoms with Gasteiger partial charge in [-0.3, -0.25) is 0 Å². The molecule has 0 radical (unpaired) electrons. The zero-order valence-electron chi connectivity index (χ0n) is 19.2. The Balaban J connectivity index is 1.49. The maximum atomic E-state index is 3.34. The van der Waals surface area contributed by atoms with Gasteiger partial charge in [-0.15, -0.1) is 0 Å². The zero-order valence-corrected chi connectivity index (χ0v) is 22.4. The highest BCUT2D eigenvalue weighted by atomic mass is 32.2. The van der Waals surface area contributed by atoms with Gasteiger partial charge in [-0.05, 0) is 69.4 Å². The van der Waals surface area contributed by atoms with Crippen LogP contribution in [0.1, 0.15) is 22.3 Å². The van der Waals surface area contributed by atoms with Crippen LogP contribution >= 0.6 is 47.0 Å². The van der Waals surface area contributed by atoms with Gasteiger partial charge in [-0.1, -0.05) is 132 Å². The number of hydrogen-bond donors (Lipinski definition) is 0. The van der Waals surface area contributed by atoms with Crippen LogP contribution in [-0.2, 0) is 0 Å². The smallest absolute Gasteiger partial charge is 0.0731 e. The van der Waals surface area contributed by atoms with Crippen molar-refractivity contribution in [2.75, 3.05) is 0 Å². The molecule has 172 valence electrons. The number of benzene rings is 4. The molecule has 5 rings (SSSR count). The van der Waals surface area contributed by atoms with Crippen LogP contribution in [0, 0.1) is 22.3 Å². The number of thioether (sulfide) groups is 4. The largest absolute Gasteiger partial charge is 0.0790 e. The minimum Gasteiger partial charge on any atom is -0.0790 e. The van der Waals surface area contributed by atoms with E-state index in [1.165, 1.54) is 29.4 Å². The van der Waals surface area contributed by atoms with E-state index in [0.717, 1.165) is 11.1 Å². The number of rotatable bonds is 4. The molecule has 0 atom stereocenters. The highest BCUT2D eigenvalue weighted by molar-refractivity contribution is 8.39. The molecule has 36 heavy (non-hydrogen) atoms. The van der Waals surface area contributed by atoms with Gasteiger partial charge in [0.2, 0.25) is 0 Å². The average Bonchev–Trinajstić information content (AvgIpc) is 3.37. The Morgan fingerprint density at radius 1 is 0.556 bits per heavy atom. The first-order chi connectivity index (χ1) is 17.9. The third-order valence-corrected chi connectivity index (χ3v) is 9.83. The molecule has 0 saturated heterocycles. The van der Waals surface area contributed by atoms with E-state index in [1.807, 2.05) is 72.4 Å². The highest BCUT2D eigenvalue weighted by Gasteiger charge is 2.26. The quantitative estimate of drug-likeness (QED) is 0.240. The standard InChI is InChI=1S/C32H20S4/c1-5-13-25(14-6-1)21-23-33-29(27-17-9-3-10-18-27)32-35-30(28-19-11-4-12-20-28)31(36-32)34-24-22-26-15-7-2-8-16-26/h1-20H/b32-29+. The summed E-state index contributed by atoms with van der Waals surface area (Å²) in [6.45, 7) is 0. The molecule has 0 spiro atoms. The minimum atomic E-state index is 1.02. The molecule has 0 N–H and O–H groups in total. The molecule has 1 aliphatic rings. The fourth-order valence-corrected chi connectivity index (χ4v) is 8.10. The molecule has 1 aliphatic heterocycles. The van der Waals surface area contributed by atoms with Crippen molar-refractivity contribution in [1.82, 2.24) is 0 Å². The van der Waals surface area contributed by atoms with E-state index in [1.54, 1.807) is 35.3 Å². The normalized spacial score (nSPS) is 13.9. The molecule has 4 aromatic carbocycles. The number of hydrogen-bond acceptors (Lipinski definition) is 4. The second-order valence-corrected chi connectivity index (χ2v) is 11.8. The van der Waals surface area contributed by atoms with Gasteiger partial charge in [0.05, 0.1) is 8.47 Å². The Kier molecular flexibility index (Phi) is 8.68. The van der Waals surface area contributed by atoms with E-state index in [4.69, 9.17) is 0 Å². The van der Waals surface area contributed by atoms with E-state index >= 15 is 0 Å². The van der Waals surface area contributed by atoms with Crippen LogP contribution in [-0.4, -0.2) is 0 Å². The summed E-state index contributed by atoms with van der Waals surface area (Å²) in [7, 11) is 0. The van der Waals surface area contributed by atoms with Gasteiger partial charge in [0.1, 0.15) is 0 Å². The summed E-state index contributed by atoms with van der Waals surface area (Å²) in [6.07, 6.45) is 0. The summed E-state index contributed by atoms with van der Waals surface area (Å²) in [5, 5.41) is 6.66. The Hall–Kier alpha value is -3.12. The first-order valence-electron chi connectivity index (χ1n) is 11.3. The Morgan fingerprint density at radius 3 is 1.69 bits per heavy atom. The third kappa shape index (κ3) is 6.55. The van der Waals surface area contributed by atoms with Crippen molar-refractivity contribution in [3.8, 4) is 22.3 Å². The summed E-state index contributed by atoms with van der Waals surface area (Å²) in [4.78, 5) is 2.42. The molecular formula is C32H20S4. The van der Waals surface area contributed by atoms with Crippen LogP contribution in [0.5, 0.6) is 0 Å². The van der Waals surface area contributed by atoms with Crippen molar-refractivity contribution in [3.05, 3.63) is 152 Å². The van der Waals surface area contributed by atoms with Gasteiger partial charge < -0.3 is 0 Å². The van der Waals surface area contributed by atoms with Crippen molar-refractivity contribution in [2.45, 2.75) is 0 Å². The van der Waals surface area contributed by atoms with Crippen LogP contribution in [0.2, 0.25) is 0 Å². The lowest BCUT2D eigenvalue weighted by Gasteiger charge is -2.08. The monoisotopic (exact) mass is 532 g/mol. The van der Waals surface area contributed by atoms with Gasteiger partial charge in [0, 0.05) is 20.9 Å². The predicted octanol–water partition coefficient (Wildman–Crippen LogP) is 9.60. The van der Waals surface area contributed by atoms with E-state index in [9.17, 15) is 0 Å². The van der Waals surface area contributed by atoms with Gasteiger partial charge in [0.15, 0.2) is 0 Å². The molecule has 0 amide bonds. The summed E-state index contributed by atoms with van der Waals surface area (Å²) >= 11 is 6.80. The zero-order chi connectivity index (χ0) is 24.4. The van der Waals surface area contributed by atoms with Crippen molar-refractivity contribution < 1.29 is 0 Å². The molecule has 0 aromatic heterocycles. The van der Waals surface area contributed by atoms with Crippen molar-refractivity contribution in [1.29, 1.82) is 0 Å². The predicted molar refractivity (Wildman–Crippen MR) is 164 cm³/mol. The summed E-state index contributed by atoms with van der Waals surface area (Å²) in [5.41, 5.74) is 4.43. The van der Waals surface area contributed by atoms with Crippen molar-refractivity contribution in [3.63, 3.8) is 0 Å². The Labute approximate surface area is 230 Å². The lowest BCUT2D eigenvalue weighted by Crippen LogP contribution is -1.81. The minimum absolute atomic E-state index is 1.02. The van der Waals surface area contributed by atoms with Crippen LogP contribution in [0.4, 0.5) is 0 Å². The molecule has 0 unspecified atom stereocenters. The summed E-state index contributed by atoms with van der Waals surface area (Å²) < 4.78 is 2.44. The van der Waals surface area contributed by atoms with E-state index in [0.29, 0.717) is 0 Å². The molecule has 0 aliphatic carbocycles. The second-order valence-electron chi connectivity index (χ2n) is 7.56. The molecule has 0 fully saturated rings. The molecular weight excluding hydrogens is 513 g/mol. The second kappa shape index (κ2) is 12.7. The lowest BCUT2D eigenvalue weighted by atomic mass is 10.2. The van der Waals surface area contributed by atoms with E-state index in [-0.39, 0.29) is 0 Å². The fraction of sp³-hybridized carbons (Fsp3) is 0. The van der Waals surface area contributed by atoms with Crippen LogP contribution < -0.4 is 0 Å². The third-order valence-electron chi connectivity index (χ3n) is 5.06. The highest BCUT2D eigenvalue weighted by Crippen LogP contribution is 2.60. The summed E-state index contributed by atoms with van der Waals surface area (Å²) in [5.74, 6) is 6.58. The molecule has 4 heteroatoms. The maximum absolute atomic E-state index is 3.34. The lowest BCUT2D eigenvalue weighted by molar-refractivity contribution is 1.65. The van der Waals surface area contributed by atoms with Crippen LogP contribution in [0.25, 0.3) is 9.81 Å². The van der Waals surface area contributed by atoms with Gasteiger partial charge in [-0.2, -0.15) is 0 Å². The van der Waals surface area contributed by atoms with E-state index in [2.05, 4.69) is 83.0 Å².